The average Bonchev–Trinajstić information content (AvgIpc) is 2.77. The topological polar surface area (TPSA) is 85.4 Å². The molecule has 2 rings (SSSR count). The van der Waals surface area contributed by atoms with Crippen molar-refractivity contribution in [2.24, 2.45) is 0 Å². The molecule has 0 amide bonds. The van der Waals surface area contributed by atoms with Gasteiger partial charge in [-0.1, -0.05) is 0 Å². The van der Waals surface area contributed by atoms with Crippen LogP contribution in [0.1, 0.15) is 20.9 Å². The van der Waals surface area contributed by atoms with Crippen LogP contribution in [0, 0.1) is 6.92 Å². The first-order chi connectivity index (χ1) is 9.08. The zero-order chi connectivity index (χ0) is 13.8. The molecular weight excluding hydrogens is 264 g/mol. The van der Waals surface area contributed by atoms with Crippen molar-refractivity contribution in [3.05, 3.63) is 39.8 Å². The fraction of sp³-hybridized carbons (Fsp3) is 0.231. The quantitative estimate of drug-likeness (QED) is 0.820. The second-order valence-electron chi connectivity index (χ2n) is 4.02. The molecule has 0 fully saturated rings. The number of hydrogen-bond donors (Lipinski definition) is 2. The van der Waals surface area contributed by atoms with Crippen LogP contribution in [0.3, 0.4) is 0 Å². The molecule has 0 radical (unpaired) electrons. The highest BCUT2D eigenvalue weighted by Gasteiger charge is 2.12. The number of carboxylic acid groups (broad SMARTS) is 1. The van der Waals surface area contributed by atoms with Gasteiger partial charge in [0.25, 0.3) is 0 Å². The molecule has 0 saturated heterocycles. The van der Waals surface area contributed by atoms with E-state index < -0.39 is 5.97 Å². The minimum absolute atomic E-state index is 0.0843. The molecule has 1 aromatic heterocycles. The lowest BCUT2D eigenvalue weighted by atomic mass is 10.2. The van der Waals surface area contributed by atoms with Crippen LogP contribution in [0.15, 0.2) is 23.7 Å². The Morgan fingerprint density at radius 3 is 2.95 bits per heavy atom. The lowest BCUT2D eigenvalue weighted by molar-refractivity contribution is 0.0692. The van der Waals surface area contributed by atoms with Crippen LogP contribution in [0.25, 0.3) is 0 Å². The molecule has 2 aromatic rings. The molecule has 0 spiro atoms. The van der Waals surface area contributed by atoms with E-state index >= 15 is 0 Å². The molecule has 0 atom stereocenters. The fourth-order valence-corrected chi connectivity index (χ4v) is 2.42. The van der Waals surface area contributed by atoms with Crippen LogP contribution in [0.4, 0.5) is 5.69 Å². The molecule has 1 aromatic carbocycles. The number of aromatic carboxylic acids is 1. The molecule has 1 heterocycles. The summed E-state index contributed by atoms with van der Waals surface area (Å²) in [6.07, 6.45) is 0.708. The SMILES string of the molecule is Cc1ncsc1CCOc1ccc(N)cc1C(=O)O. The van der Waals surface area contributed by atoms with Gasteiger partial charge >= 0.3 is 5.97 Å². The van der Waals surface area contributed by atoms with E-state index in [4.69, 9.17) is 15.6 Å². The number of carbonyl (C=O) groups is 1. The summed E-state index contributed by atoms with van der Waals surface area (Å²) >= 11 is 1.57. The van der Waals surface area contributed by atoms with Crippen LogP contribution in [0.5, 0.6) is 5.75 Å². The number of carboxylic acids is 1. The molecule has 19 heavy (non-hydrogen) atoms. The van der Waals surface area contributed by atoms with Crippen LogP contribution < -0.4 is 10.5 Å². The monoisotopic (exact) mass is 278 g/mol. The van der Waals surface area contributed by atoms with E-state index in [2.05, 4.69) is 4.98 Å². The van der Waals surface area contributed by atoms with Crippen LogP contribution >= 0.6 is 11.3 Å². The summed E-state index contributed by atoms with van der Waals surface area (Å²) in [5.74, 6) is -0.708. The number of hydrogen-bond acceptors (Lipinski definition) is 5. The number of rotatable bonds is 5. The van der Waals surface area contributed by atoms with Crippen LogP contribution in [0.2, 0.25) is 0 Å². The zero-order valence-corrected chi connectivity index (χ0v) is 11.2. The standard InChI is InChI=1S/C13H14N2O3S/c1-8-12(19-7-15-8)4-5-18-11-3-2-9(14)6-10(11)13(16)17/h2-3,6-7H,4-5,14H2,1H3,(H,16,17). The van der Waals surface area contributed by atoms with Gasteiger partial charge in [-0.2, -0.15) is 0 Å². The zero-order valence-electron chi connectivity index (χ0n) is 10.4. The van der Waals surface area contributed by atoms with Crippen molar-refractivity contribution in [2.45, 2.75) is 13.3 Å². The Morgan fingerprint density at radius 2 is 2.32 bits per heavy atom. The Hall–Kier alpha value is -2.08. The Morgan fingerprint density at radius 1 is 1.53 bits per heavy atom. The van der Waals surface area contributed by atoms with Crippen molar-refractivity contribution in [1.29, 1.82) is 0 Å². The van der Waals surface area contributed by atoms with Crippen molar-refractivity contribution < 1.29 is 14.6 Å². The summed E-state index contributed by atoms with van der Waals surface area (Å²) < 4.78 is 5.52. The van der Waals surface area contributed by atoms with Crippen LogP contribution in [-0.4, -0.2) is 22.7 Å². The van der Waals surface area contributed by atoms with Gasteiger partial charge in [0.05, 0.1) is 17.8 Å². The van der Waals surface area contributed by atoms with E-state index in [9.17, 15) is 4.79 Å². The predicted octanol–water partition coefficient (Wildman–Crippen LogP) is 2.35. The Kier molecular flexibility index (Phi) is 4.01. The number of nitrogen functional groups attached to an aromatic ring is 1. The molecule has 0 aliphatic heterocycles. The number of benzene rings is 1. The third-order valence-corrected chi connectivity index (χ3v) is 3.66. The molecule has 0 aliphatic carbocycles. The maximum atomic E-state index is 11.1. The highest BCUT2D eigenvalue weighted by Crippen LogP contribution is 2.22. The number of thiazole rings is 1. The molecular formula is C13H14N2O3S. The maximum Gasteiger partial charge on any atom is 0.339 e. The van der Waals surface area contributed by atoms with Crippen molar-refractivity contribution >= 4 is 23.0 Å². The molecule has 0 saturated carbocycles. The number of aromatic nitrogens is 1. The van der Waals surface area contributed by atoms with Gasteiger partial charge < -0.3 is 15.6 Å². The molecule has 3 N–H and O–H groups in total. The van der Waals surface area contributed by atoms with Gasteiger partial charge in [-0.3, -0.25) is 0 Å². The van der Waals surface area contributed by atoms with E-state index in [0.717, 1.165) is 10.6 Å². The number of anilines is 1. The minimum Gasteiger partial charge on any atom is -0.492 e. The molecule has 5 nitrogen and oxygen atoms in total. The number of nitrogens with zero attached hydrogens (tertiary/aromatic N) is 1. The third kappa shape index (κ3) is 3.23. The number of aryl methyl sites for hydroxylation is 1. The third-order valence-electron chi connectivity index (χ3n) is 2.67. The summed E-state index contributed by atoms with van der Waals surface area (Å²) in [4.78, 5) is 16.4. The Bertz CT molecular complexity index is 595. The largest absolute Gasteiger partial charge is 0.492 e. The lowest BCUT2D eigenvalue weighted by Gasteiger charge is -2.09. The number of nitrogens with two attached hydrogens (primary N) is 1. The van der Waals surface area contributed by atoms with Gasteiger partial charge in [0.1, 0.15) is 11.3 Å². The van der Waals surface area contributed by atoms with E-state index in [-0.39, 0.29) is 5.56 Å². The summed E-state index contributed by atoms with van der Waals surface area (Å²) in [5.41, 5.74) is 8.83. The summed E-state index contributed by atoms with van der Waals surface area (Å²) in [5, 5.41) is 9.07. The van der Waals surface area contributed by atoms with Crippen molar-refractivity contribution in [2.75, 3.05) is 12.3 Å². The Balaban J connectivity index is 2.03. The van der Waals surface area contributed by atoms with Crippen molar-refractivity contribution in [1.82, 2.24) is 4.98 Å². The van der Waals surface area contributed by atoms with Gasteiger partial charge in [-0.25, -0.2) is 9.78 Å². The van der Waals surface area contributed by atoms with E-state index in [1.165, 1.54) is 6.07 Å². The highest BCUT2D eigenvalue weighted by atomic mass is 32.1. The second-order valence-corrected chi connectivity index (χ2v) is 4.96. The minimum atomic E-state index is -1.05. The molecule has 100 valence electrons. The van der Waals surface area contributed by atoms with E-state index in [1.54, 1.807) is 29.0 Å². The second kappa shape index (κ2) is 5.71. The van der Waals surface area contributed by atoms with Gasteiger partial charge in [0.2, 0.25) is 0 Å². The van der Waals surface area contributed by atoms with E-state index in [1.807, 2.05) is 6.92 Å². The van der Waals surface area contributed by atoms with Gasteiger partial charge in [-0.15, -0.1) is 11.3 Å². The van der Waals surface area contributed by atoms with Gasteiger partial charge in [0, 0.05) is 17.0 Å². The van der Waals surface area contributed by atoms with Crippen molar-refractivity contribution in [3.8, 4) is 5.75 Å². The van der Waals surface area contributed by atoms with Gasteiger partial charge in [0.15, 0.2) is 0 Å². The fourth-order valence-electron chi connectivity index (χ4n) is 1.66. The summed E-state index contributed by atoms with van der Waals surface area (Å²) in [6, 6.07) is 4.60. The highest BCUT2D eigenvalue weighted by molar-refractivity contribution is 7.09. The maximum absolute atomic E-state index is 11.1. The normalized spacial score (nSPS) is 10.4. The van der Waals surface area contributed by atoms with E-state index in [0.29, 0.717) is 24.5 Å². The lowest BCUT2D eigenvalue weighted by Crippen LogP contribution is -2.07. The summed E-state index contributed by atoms with van der Waals surface area (Å²) in [7, 11) is 0. The van der Waals surface area contributed by atoms with Crippen molar-refractivity contribution in [3.63, 3.8) is 0 Å². The smallest absolute Gasteiger partial charge is 0.339 e. The molecule has 0 unspecified atom stereocenters. The molecule has 0 aliphatic rings. The molecule has 0 bridgehead atoms. The van der Waals surface area contributed by atoms with Crippen LogP contribution in [-0.2, 0) is 6.42 Å². The predicted molar refractivity (Wildman–Crippen MR) is 73.9 cm³/mol. The summed E-state index contributed by atoms with van der Waals surface area (Å²) in [6.45, 7) is 2.35. The van der Waals surface area contributed by atoms with Gasteiger partial charge in [-0.05, 0) is 25.1 Å². The molecule has 6 heteroatoms. The first kappa shape index (κ1) is 13.4. The first-order valence-corrected chi connectivity index (χ1v) is 6.60. The first-order valence-electron chi connectivity index (χ1n) is 5.72. The number of ether oxygens (including phenoxy) is 1. The Labute approximate surface area is 114 Å². The average molecular weight is 278 g/mol.